The van der Waals surface area contributed by atoms with Crippen LogP contribution in [0.4, 0.5) is 10.1 Å². The zero-order valence-corrected chi connectivity index (χ0v) is 16.6. The summed E-state index contributed by atoms with van der Waals surface area (Å²) in [6.07, 6.45) is 0. The fraction of sp³-hybridized carbons (Fsp3) is 0.120. The molecule has 0 saturated carbocycles. The Balaban J connectivity index is 1.96. The van der Waals surface area contributed by atoms with E-state index < -0.39 is 23.5 Å². The van der Waals surface area contributed by atoms with Gasteiger partial charge in [0.15, 0.2) is 0 Å². The summed E-state index contributed by atoms with van der Waals surface area (Å²) in [4.78, 5) is 27.5. The number of carbonyl (C=O) groups is 2. The van der Waals surface area contributed by atoms with Crippen LogP contribution < -0.4 is 4.90 Å². The maximum Gasteiger partial charge on any atom is 0.300 e. The minimum Gasteiger partial charge on any atom is -0.507 e. The van der Waals surface area contributed by atoms with Crippen molar-refractivity contribution in [1.29, 1.82) is 0 Å². The second kappa shape index (κ2) is 7.59. The van der Waals surface area contributed by atoms with Crippen LogP contribution in [0.5, 0.6) is 0 Å². The SMILES string of the molecule is Cc1ccc(/C(O)=C2\C(=O)C(=O)N(c3ccccc3C)C2c2ccc(F)cc2)cc1. The molecule has 0 spiro atoms. The number of rotatable bonds is 3. The number of aliphatic hydroxyl groups is 1. The monoisotopic (exact) mass is 401 g/mol. The van der Waals surface area contributed by atoms with E-state index in [1.807, 2.05) is 38.1 Å². The van der Waals surface area contributed by atoms with Crippen LogP contribution in [0.2, 0.25) is 0 Å². The topological polar surface area (TPSA) is 57.6 Å². The van der Waals surface area contributed by atoms with E-state index in [1.165, 1.54) is 29.2 Å². The number of aryl methyl sites for hydroxylation is 2. The standard InChI is InChI=1S/C25H20FNO3/c1-15-7-9-18(10-8-15)23(28)21-22(17-11-13-19(26)14-12-17)27(25(30)24(21)29)20-6-4-3-5-16(20)2/h3-14,22,28H,1-2H3/b23-21+. The van der Waals surface area contributed by atoms with E-state index in [2.05, 4.69) is 0 Å². The van der Waals surface area contributed by atoms with Gasteiger partial charge in [-0.15, -0.1) is 0 Å². The van der Waals surface area contributed by atoms with Crippen molar-refractivity contribution in [3.05, 3.63) is 106 Å². The van der Waals surface area contributed by atoms with Crippen LogP contribution in [0.25, 0.3) is 5.76 Å². The number of anilines is 1. The van der Waals surface area contributed by atoms with Gasteiger partial charge in [-0.25, -0.2) is 4.39 Å². The molecule has 0 aliphatic carbocycles. The molecule has 150 valence electrons. The molecule has 1 amide bonds. The lowest BCUT2D eigenvalue weighted by molar-refractivity contribution is -0.132. The van der Waals surface area contributed by atoms with E-state index in [1.54, 1.807) is 24.3 Å². The lowest BCUT2D eigenvalue weighted by Crippen LogP contribution is -2.30. The summed E-state index contributed by atoms with van der Waals surface area (Å²) >= 11 is 0. The van der Waals surface area contributed by atoms with Gasteiger partial charge in [-0.3, -0.25) is 14.5 Å². The van der Waals surface area contributed by atoms with Gasteiger partial charge in [0.2, 0.25) is 0 Å². The number of aliphatic hydroxyl groups excluding tert-OH is 1. The minimum absolute atomic E-state index is 0.0151. The van der Waals surface area contributed by atoms with E-state index in [9.17, 15) is 19.1 Å². The number of amides is 1. The normalized spacial score (nSPS) is 18.1. The zero-order chi connectivity index (χ0) is 21.4. The average molecular weight is 401 g/mol. The molecule has 3 aromatic rings. The Morgan fingerprint density at radius 1 is 0.900 bits per heavy atom. The third-order valence-corrected chi connectivity index (χ3v) is 5.33. The molecule has 4 nitrogen and oxygen atoms in total. The van der Waals surface area contributed by atoms with E-state index in [4.69, 9.17) is 0 Å². The lowest BCUT2D eigenvalue weighted by Gasteiger charge is -2.26. The number of nitrogens with zero attached hydrogens (tertiary/aromatic N) is 1. The molecular weight excluding hydrogens is 381 g/mol. The number of benzene rings is 3. The molecule has 1 atom stereocenters. The van der Waals surface area contributed by atoms with Crippen molar-refractivity contribution >= 4 is 23.1 Å². The zero-order valence-electron chi connectivity index (χ0n) is 16.6. The molecule has 0 radical (unpaired) electrons. The number of carbonyl (C=O) groups excluding carboxylic acids is 2. The summed E-state index contributed by atoms with van der Waals surface area (Å²) in [5.41, 5.74) is 3.34. The quantitative estimate of drug-likeness (QED) is 0.379. The predicted molar refractivity (Wildman–Crippen MR) is 114 cm³/mol. The van der Waals surface area contributed by atoms with Crippen LogP contribution in [-0.2, 0) is 9.59 Å². The van der Waals surface area contributed by atoms with Gasteiger partial charge in [-0.1, -0.05) is 60.2 Å². The minimum atomic E-state index is -0.868. The van der Waals surface area contributed by atoms with Crippen molar-refractivity contribution in [3.8, 4) is 0 Å². The number of hydrogen-bond donors (Lipinski definition) is 1. The second-order valence-corrected chi connectivity index (χ2v) is 7.37. The van der Waals surface area contributed by atoms with Gasteiger partial charge in [0, 0.05) is 11.3 Å². The summed E-state index contributed by atoms with van der Waals surface area (Å²) < 4.78 is 13.6. The Labute approximate surface area is 173 Å². The molecule has 30 heavy (non-hydrogen) atoms. The number of halogens is 1. The van der Waals surface area contributed by atoms with Gasteiger partial charge in [-0.05, 0) is 43.2 Å². The van der Waals surface area contributed by atoms with Crippen molar-refractivity contribution in [2.45, 2.75) is 19.9 Å². The largest absolute Gasteiger partial charge is 0.507 e. The van der Waals surface area contributed by atoms with Crippen LogP contribution in [0, 0.1) is 19.7 Å². The molecule has 1 aliphatic rings. The van der Waals surface area contributed by atoms with Crippen LogP contribution in [-0.4, -0.2) is 16.8 Å². The molecule has 1 unspecified atom stereocenters. The van der Waals surface area contributed by atoms with Gasteiger partial charge >= 0.3 is 0 Å². The van der Waals surface area contributed by atoms with Crippen molar-refractivity contribution in [1.82, 2.24) is 0 Å². The molecule has 0 aromatic heterocycles. The first-order valence-electron chi connectivity index (χ1n) is 9.57. The highest BCUT2D eigenvalue weighted by Gasteiger charge is 2.47. The third-order valence-electron chi connectivity index (χ3n) is 5.33. The summed E-state index contributed by atoms with van der Waals surface area (Å²) in [5.74, 6) is -2.18. The Kier molecular flexibility index (Phi) is 4.96. The first-order chi connectivity index (χ1) is 14.4. The molecule has 1 aliphatic heterocycles. The summed E-state index contributed by atoms with van der Waals surface area (Å²) in [5, 5.41) is 11.0. The Morgan fingerprint density at radius 3 is 2.17 bits per heavy atom. The molecule has 1 heterocycles. The van der Waals surface area contributed by atoms with Crippen LogP contribution in [0.1, 0.15) is 28.3 Å². The maximum atomic E-state index is 13.6. The van der Waals surface area contributed by atoms with E-state index in [0.717, 1.165) is 11.1 Å². The number of Topliss-reactive ketones (excluding diaryl/α,β-unsaturated/α-hetero) is 1. The molecule has 3 aromatic carbocycles. The van der Waals surface area contributed by atoms with Gasteiger partial charge in [0.05, 0.1) is 11.6 Å². The van der Waals surface area contributed by atoms with Crippen molar-refractivity contribution in [2.75, 3.05) is 4.90 Å². The molecule has 4 rings (SSSR count). The Morgan fingerprint density at radius 2 is 1.53 bits per heavy atom. The van der Waals surface area contributed by atoms with Crippen LogP contribution in [0.3, 0.4) is 0 Å². The molecule has 0 bridgehead atoms. The van der Waals surface area contributed by atoms with E-state index >= 15 is 0 Å². The first-order valence-corrected chi connectivity index (χ1v) is 9.57. The average Bonchev–Trinajstić information content (AvgIpc) is 3.00. The first kappa shape index (κ1) is 19.6. The van der Waals surface area contributed by atoms with Crippen molar-refractivity contribution in [2.24, 2.45) is 0 Å². The number of hydrogen-bond acceptors (Lipinski definition) is 3. The summed E-state index contributed by atoms with van der Waals surface area (Å²) in [6, 6.07) is 19.0. The van der Waals surface area contributed by atoms with Gasteiger partial charge in [0.25, 0.3) is 11.7 Å². The van der Waals surface area contributed by atoms with Gasteiger partial charge in [0.1, 0.15) is 11.6 Å². The molecule has 5 heteroatoms. The third kappa shape index (κ3) is 3.28. The highest BCUT2D eigenvalue weighted by Crippen LogP contribution is 2.43. The number of para-hydroxylation sites is 1. The fourth-order valence-electron chi connectivity index (χ4n) is 3.74. The maximum absolute atomic E-state index is 13.6. The van der Waals surface area contributed by atoms with E-state index in [-0.39, 0.29) is 11.3 Å². The molecular formula is C25H20FNO3. The smallest absolute Gasteiger partial charge is 0.300 e. The predicted octanol–water partition coefficient (Wildman–Crippen LogP) is 5.07. The summed E-state index contributed by atoms with van der Waals surface area (Å²) in [7, 11) is 0. The highest BCUT2D eigenvalue weighted by molar-refractivity contribution is 6.51. The van der Waals surface area contributed by atoms with Crippen LogP contribution in [0.15, 0.2) is 78.4 Å². The van der Waals surface area contributed by atoms with Crippen molar-refractivity contribution in [3.63, 3.8) is 0 Å². The van der Waals surface area contributed by atoms with Crippen LogP contribution >= 0.6 is 0 Å². The fourth-order valence-corrected chi connectivity index (χ4v) is 3.74. The van der Waals surface area contributed by atoms with E-state index in [0.29, 0.717) is 16.8 Å². The van der Waals surface area contributed by atoms with Crippen molar-refractivity contribution < 1.29 is 19.1 Å². The second-order valence-electron chi connectivity index (χ2n) is 7.37. The highest BCUT2D eigenvalue weighted by atomic mass is 19.1. The molecule has 1 fully saturated rings. The Bertz CT molecular complexity index is 1160. The van der Waals surface area contributed by atoms with Gasteiger partial charge in [-0.2, -0.15) is 0 Å². The lowest BCUT2D eigenvalue weighted by atomic mass is 9.94. The summed E-state index contributed by atoms with van der Waals surface area (Å²) in [6.45, 7) is 3.76. The molecule has 1 saturated heterocycles. The van der Waals surface area contributed by atoms with Gasteiger partial charge < -0.3 is 5.11 Å². The Hall–Kier alpha value is -3.73. The number of ketones is 1. The molecule has 1 N–H and O–H groups in total.